The van der Waals surface area contributed by atoms with Crippen LogP contribution in [0.15, 0.2) is 18.3 Å². The number of fused-ring (bicyclic) bond motifs is 1. The summed E-state index contributed by atoms with van der Waals surface area (Å²) in [5, 5.41) is 9.52. The third-order valence-corrected chi connectivity index (χ3v) is 11.4. The van der Waals surface area contributed by atoms with Crippen molar-refractivity contribution < 1.29 is 18.7 Å². The Bertz CT molecular complexity index is 1220. The number of aromatic nitrogens is 2. The predicted octanol–water partition coefficient (Wildman–Crippen LogP) is 6.60. The third-order valence-electron chi connectivity index (χ3n) is 8.60. The molecule has 2 aromatic heterocycles. The zero-order valence-corrected chi connectivity index (χ0v) is 26.6. The molecule has 0 saturated carbocycles. The van der Waals surface area contributed by atoms with Gasteiger partial charge in [0.25, 0.3) is 0 Å². The number of hydrogen-bond acceptors (Lipinski definition) is 8. The largest absolute Gasteiger partial charge is 0.489 e. The molecule has 4 rings (SSSR count). The molecule has 0 spiro atoms. The number of aryl methyl sites for hydroxylation is 2. The Hall–Kier alpha value is -2.96. The van der Waals surface area contributed by atoms with E-state index in [1.54, 1.807) is 6.07 Å². The number of rotatable bonds is 13. The van der Waals surface area contributed by atoms with Crippen molar-refractivity contribution in [3.63, 3.8) is 0 Å². The van der Waals surface area contributed by atoms with Crippen molar-refractivity contribution in [3.8, 4) is 11.8 Å². The van der Waals surface area contributed by atoms with E-state index >= 15 is 0 Å². The number of methoxy groups -OCH3 is 1. The Morgan fingerprint density at radius 3 is 2.51 bits per heavy atom. The second-order valence-electron chi connectivity index (χ2n) is 11.6. The van der Waals surface area contributed by atoms with Crippen molar-refractivity contribution in [2.24, 2.45) is 0 Å². The van der Waals surface area contributed by atoms with Crippen LogP contribution in [-0.2, 0) is 15.6 Å². The summed E-state index contributed by atoms with van der Waals surface area (Å²) < 4.78 is 18.0. The highest BCUT2D eigenvalue weighted by molar-refractivity contribution is 6.52. The molecule has 9 heteroatoms. The Morgan fingerprint density at radius 1 is 1.17 bits per heavy atom. The van der Waals surface area contributed by atoms with Gasteiger partial charge in [0.1, 0.15) is 23.7 Å². The van der Waals surface area contributed by atoms with Crippen molar-refractivity contribution in [1.82, 2.24) is 9.97 Å². The van der Waals surface area contributed by atoms with Crippen molar-refractivity contribution >= 4 is 20.8 Å². The summed E-state index contributed by atoms with van der Waals surface area (Å²) in [6, 6.07) is 5.91. The summed E-state index contributed by atoms with van der Waals surface area (Å²) in [5.74, 6) is 1.03. The number of carbonyl (C=O) groups excluding carboxylic acids is 1. The molecule has 0 radical (unpaired) electrons. The Kier molecular flexibility index (Phi) is 11.2. The van der Waals surface area contributed by atoms with Gasteiger partial charge in [0.15, 0.2) is 14.7 Å². The summed E-state index contributed by atoms with van der Waals surface area (Å²) in [6.07, 6.45) is 13.5. The number of ether oxygens (including phenoxy) is 2. The van der Waals surface area contributed by atoms with Gasteiger partial charge in [-0.1, -0.05) is 52.4 Å². The van der Waals surface area contributed by atoms with Gasteiger partial charge in [0.05, 0.1) is 30.7 Å². The highest BCUT2D eigenvalue weighted by Gasteiger charge is 2.31. The van der Waals surface area contributed by atoms with Gasteiger partial charge in [-0.2, -0.15) is 5.26 Å². The van der Waals surface area contributed by atoms with E-state index in [1.165, 1.54) is 51.2 Å². The van der Waals surface area contributed by atoms with Gasteiger partial charge in [-0.15, -0.1) is 0 Å². The van der Waals surface area contributed by atoms with Crippen LogP contribution < -0.4 is 9.64 Å². The van der Waals surface area contributed by atoms with E-state index < -0.39 is 15.0 Å². The maximum Gasteiger partial charge on any atom is 0.340 e. The van der Waals surface area contributed by atoms with Crippen LogP contribution in [0.25, 0.3) is 0 Å². The van der Waals surface area contributed by atoms with Crippen molar-refractivity contribution in [2.75, 3.05) is 25.1 Å². The first-order valence-corrected chi connectivity index (χ1v) is 17.7. The molecule has 2 aromatic rings. The predicted molar refractivity (Wildman–Crippen MR) is 163 cm³/mol. The zero-order chi connectivity index (χ0) is 29.4. The maximum absolute atomic E-state index is 12.0. The molecule has 1 saturated heterocycles. The molecule has 0 aromatic carbocycles. The zero-order valence-electron chi connectivity index (χ0n) is 25.4. The van der Waals surface area contributed by atoms with E-state index in [1.807, 2.05) is 19.2 Å². The number of hydrogen-bond donors (Lipinski definition) is 0. The third kappa shape index (κ3) is 7.66. The minimum atomic E-state index is -1.31. The van der Waals surface area contributed by atoms with E-state index in [-0.39, 0.29) is 23.5 Å². The molecule has 3 heterocycles. The number of pyridine rings is 2. The summed E-state index contributed by atoms with van der Waals surface area (Å²) in [4.78, 5) is 23.5. The van der Waals surface area contributed by atoms with Crippen molar-refractivity contribution in [1.29, 1.82) is 5.26 Å². The quantitative estimate of drug-likeness (QED) is 0.194. The van der Waals surface area contributed by atoms with Gasteiger partial charge in [-0.3, -0.25) is 4.98 Å². The topological polar surface area (TPSA) is 97.6 Å². The number of unbranched alkanes of at least 4 members (excludes halogenated alkanes) is 2. The average Bonchev–Trinajstić information content (AvgIpc) is 3.38. The fourth-order valence-electron chi connectivity index (χ4n) is 6.18. The normalized spacial score (nSPS) is 17.8. The van der Waals surface area contributed by atoms with Crippen LogP contribution in [0.4, 0.5) is 5.82 Å². The molecule has 1 aliphatic carbocycles. The molecule has 2 aliphatic rings. The van der Waals surface area contributed by atoms with Crippen LogP contribution in [0.5, 0.6) is 5.75 Å². The number of nitriles is 1. The SMILES string of the molecule is CCCCC(CCCC)[SiH](C)OC1CCc2cc(OC3CCN(c4nc(C#N)c(C(=O)OC)cc4C)CC3)cnc21. The standard InChI is InChI=1S/C32H46N4O4Si/c1-6-8-10-26(11-9-7-2)41(5)40-29-13-12-23-19-25(21-34-30(23)29)39-24-14-16-36(17-15-24)31-22(3)18-27(32(37)38-4)28(20-33)35-31/h18-19,21,24,26,29,41H,6-17H2,1-5H3. The lowest BCUT2D eigenvalue weighted by Gasteiger charge is -2.34. The molecule has 8 nitrogen and oxygen atoms in total. The van der Waals surface area contributed by atoms with Crippen LogP contribution in [0, 0.1) is 18.3 Å². The number of nitrogens with zero attached hydrogens (tertiary/aromatic N) is 4. The lowest BCUT2D eigenvalue weighted by Crippen LogP contribution is -2.39. The maximum atomic E-state index is 12.0. The lowest BCUT2D eigenvalue weighted by molar-refractivity contribution is 0.0599. The van der Waals surface area contributed by atoms with E-state index in [0.29, 0.717) is 0 Å². The van der Waals surface area contributed by atoms with Crippen LogP contribution in [-0.4, -0.2) is 51.3 Å². The molecule has 0 N–H and O–H groups in total. The lowest BCUT2D eigenvalue weighted by atomic mass is 10.1. The van der Waals surface area contributed by atoms with Gasteiger partial charge in [-0.25, -0.2) is 9.78 Å². The molecule has 0 bridgehead atoms. The summed E-state index contributed by atoms with van der Waals surface area (Å²) in [5.41, 5.74) is 4.28. The van der Waals surface area contributed by atoms with E-state index in [0.717, 1.165) is 67.1 Å². The summed E-state index contributed by atoms with van der Waals surface area (Å²) in [7, 11) is -0.00117. The monoisotopic (exact) mass is 578 g/mol. The van der Waals surface area contributed by atoms with Crippen LogP contribution >= 0.6 is 0 Å². The first kappa shape index (κ1) is 31.0. The highest BCUT2D eigenvalue weighted by Crippen LogP contribution is 2.38. The van der Waals surface area contributed by atoms with E-state index in [9.17, 15) is 10.1 Å². The highest BCUT2D eigenvalue weighted by atomic mass is 28.3. The number of carbonyl (C=O) groups is 1. The molecule has 1 aliphatic heterocycles. The van der Waals surface area contributed by atoms with Gasteiger partial charge in [0, 0.05) is 25.9 Å². The van der Waals surface area contributed by atoms with Crippen LogP contribution in [0.1, 0.15) is 111 Å². The molecule has 41 heavy (non-hydrogen) atoms. The van der Waals surface area contributed by atoms with Crippen LogP contribution in [0.3, 0.4) is 0 Å². The molecule has 222 valence electrons. The molecular weight excluding hydrogens is 532 g/mol. The number of piperidine rings is 1. The smallest absolute Gasteiger partial charge is 0.340 e. The Balaban J connectivity index is 1.33. The van der Waals surface area contributed by atoms with Gasteiger partial charge >= 0.3 is 5.97 Å². The fraction of sp³-hybridized carbons (Fsp3) is 0.625. The van der Waals surface area contributed by atoms with Gasteiger partial charge < -0.3 is 18.8 Å². The fourth-order valence-corrected chi connectivity index (χ4v) is 8.59. The first-order valence-electron chi connectivity index (χ1n) is 15.4. The molecular formula is C32H46N4O4Si. The van der Waals surface area contributed by atoms with Crippen molar-refractivity contribution in [2.45, 2.75) is 109 Å². The van der Waals surface area contributed by atoms with Crippen LogP contribution in [0.2, 0.25) is 12.1 Å². The van der Waals surface area contributed by atoms with Gasteiger partial charge in [0.2, 0.25) is 0 Å². The second kappa shape index (κ2) is 14.8. The Labute approximate surface area is 247 Å². The molecule has 1 fully saturated rings. The van der Waals surface area contributed by atoms with Gasteiger partial charge in [-0.05, 0) is 55.1 Å². The molecule has 0 amide bonds. The minimum absolute atomic E-state index is 0.0926. The summed E-state index contributed by atoms with van der Waals surface area (Å²) >= 11 is 0. The molecule has 2 atom stereocenters. The number of anilines is 1. The number of esters is 1. The minimum Gasteiger partial charge on any atom is -0.489 e. The Morgan fingerprint density at radius 2 is 1.88 bits per heavy atom. The van der Waals surface area contributed by atoms with E-state index in [2.05, 4.69) is 36.3 Å². The second-order valence-corrected chi connectivity index (χ2v) is 14.2. The average molecular weight is 579 g/mol. The van der Waals surface area contributed by atoms with Crippen molar-refractivity contribution in [3.05, 3.63) is 46.4 Å². The van der Waals surface area contributed by atoms with E-state index in [4.69, 9.17) is 18.9 Å². The summed E-state index contributed by atoms with van der Waals surface area (Å²) in [6.45, 7) is 10.4. The first-order chi connectivity index (χ1) is 19.9. The molecule has 2 unspecified atom stereocenters.